The molecule has 1 heterocycles. The molecule has 1 aromatic carbocycles. The Morgan fingerprint density at radius 3 is 3.00 bits per heavy atom. The Balaban J connectivity index is 2.32. The highest BCUT2D eigenvalue weighted by atomic mass is 16.5. The molecule has 0 fully saturated rings. The fourth-order valence-electron chi connectivity index (χ4n) is 2.05. The minimum absolute atomic E-state index is 0.170. The van der Waals surface area contributed by atoms with Crippen LogP contribution in [0.4, 0.5) is 5.69 Å². The van der Waals surface area contributed by atoms with Gasteiger partial charge in [-0.1, -0.05) is 13.0 Å². The van der Waals surface area contributed by atoms with Gasteiger partial charge in [0, 0.05) is 6.54 Å². The van der Waals surface area contributed by atoms with E-state index in [-0.39, 0.29) is 5.56 Å². The van der Waals surface area contributed by atoms with Crippen molar-refractivity contribution < 1.29 is 19.7 Å². The lowest BCUT2D eigenvalue weighted by atomic mass is 10.1. The van der Waals surface area contributed by atoms with Crippen LogP contribution < -0.4 is 9.64 Å². The number of hydrogen-bond acceptors (Lipinski definition) is 4. The monoisotopic (exact) mass is 251 g/mol. The van der Waals surface area contributed by atoms with Crippen LogP contribution in [-0.4, -0.2) is 42.0 Å². The van der Waals surface area contributed by atoms with Crippen LogP contribution in [0, 0.1) is 0 Å². The second-order valence-corrected chi connectivity index (χ2v) is 4.32. The minimum atomic E-state index is -0.996. The average molecular weight is 251 g/mol. The molecule has 0 aliphatic carbocycles. The summed E-state index contributed by atoms with van der Waals surface area (Å²) in [7, 11) is 0. The number of β-amino-alcohol motifs (C(OH)–C–C–N with tert-alkyl or cyclic N) is 1. The van der Waals surface area contributed by atoms with Gasteiger partial charge in [0.2, 0.25) is 0 Å². The van der Waals surface area contributed by atoms with Crippen molar-refractivity contribution >= 4 is 11.7 Å². The number of ether oxygens (including phenoxy) is 1. The summed E-state index contributed by atoms with van der Waals surface area (Å²) in [6.07, 6.45) is 0.259. The lowest BCUT2D eigenvalue weighted by Gasteiger charge is -2.33. The highest BCUT2D eigenvalue weighted by molar-refractivity contribution is 5.93. The van der Waals surface area contributed by atoms with Crippen LogP contribution >= 0.6 is 0 Å². The molecule has 2 N–H and O–H groups in total. The van der Waals surface area contributed by atoms with Crippen molar-refractivity contribution in [3.05, 3.63) is 23.8 Å². The SMILES string of the molecule is CCC(O)CN1CCOc2c(C(=O)O)cccc21. The van der Waals surface area contributed by atoms with Gasteiger partial charge in [0.05, 0.1) is 18.3 Å². The molecule has 0 saturated carbocycles. The molecular formula is C13H17NO4. The molecule has 1 aliphatic heterocycles. The number of aliphatic hydroxyl groups is 1. The number of benzene rings is 1. The molecule has 18 heavy (non-hydrogen) atoms. The molecule has 0 radical (unpaired) electrons. The Bertz CT molecular complexity index is 447. The van der Waals surface area contributed by atoms with Crippen molar-refractivity contribution in [1.29, 1.82) is 0 Å². The summed E-state index contributed by atoms with van der Waals surface area (Å²) < 4.78 is 5.46. The van der Waals surface area contributed by atoms with E-state index in [0.717, 1.165) is 5.69 Å². The van der Waals surface area contributed by atoms with E-state index in [1.54, 1.807) is 6.07 Å². The number of carboxylic acid groups (broad SMARTS) is 1. The first-order valence-corrected chi connectivity index (χ1v) is 6.05. The zero-order valence-corrected chi connectivity index (χ0v) is 10.3. The third kappa shape index (κ3) is 2.41. The van der Waals surface area contributed by atoms with Gasteiger partial charge in [-0.05, 0) is 18.6 Å². The molecule has 1 aromatic rings. The highest BCUT2D eigenvalue weighted by Gasteiger charge is 2.24. The number of fused-ring (bicyclic) bond motifs is 1. The Morgan fingerprint density at radius 2 is 2.33 bits per heavy atom. The Kier molecular flexibility index (Phi) is 3.72. The maximum absolute atomic E-state index is 11.1. The molecule has 0 aromatic heterocycles. The summed E-state index contributed by atoms with van der Waals surface area (Å²) in [6, 6.07) is 5.05. The molecule has 1 atom stereocenters. The standard InChI is InChI=1S/C13H17NO4/c1-2-9(15)8-14-6-7-18-12-10(13(16)17)4-3-5-11(12)14/h3-5,9,15H,2,6-8H2,1H3,(H,16,17). The van der Waals surface area contributed by atoms with Crippen LogP contribution in [-0.2, 0) is 0 Å². The highest BCUT2D eigenvalue weighted by Crippen LogP contribution is 2.35. The van der Waals surface area contributed by atoms with Gasteiger partial charge in [-0.3, -0.25) is 0 Å². The summed E-state index contributed by atoms with van der Waals surface area (Å²) in [5.41, 5.74) is 0.914. The van der Waals surface area contributed by atoms with Crippen molar-refractivity contribution in [3.8, 4) is 5.75 Å². The summed E-state index contributed by atoms with van der Waals surface area (Å²) >= 11 is 0. The van der Waals surface area contributed by atoms with Gasteiger partial charge in [-0.2, -0.15) is 0 Å². The molecule has 98 valence electrons. The van der Waals surface area contributed by atoms with Gasteiger partial charge in [0.1, 0.15) is 12.2 Å². The number of anilines is 1. The van der Waals surface area contributed by atoms with E-state index >= 15 is 0 Å². The number of aliphatic hydroxyl groups excluding tert-OH is 1. The number of carboxylic acids is 1. The zero-order valence-electron chi connectivity index (χ0n) is 10.3. The normalized spacial score (nSPS) is 15.8. The molecule has 0 saturated heterocycles. The first-order chi connectivity index (χ1) is 8.63. The summed E-state index contributed by atoms with van der Waals surface area (Å²) in [4.78, 5) is 13.1. The van der Waals surface area contributed by atoms with Crippen LogP contribution in [0.15, 0.2) is 18.2 Å². The van der Waals surface area contributed by atoms with E-state index in [0.29, 0.717) is 31.9 Å². The number of carbonyl (C=O) groups is 1. The quantitative estimate of drug-likeness (QED) is 0.845. The molecule has 5 nitrogen and oxygen atoms in total. The second-order valence-electron chi connectivity index (χ2n) is 4.32. The van der Waals surface area contributed by atoms with Crippen molar-refractivity contribution in [2.24, 2.45) is 0 Å². The average Bonchev–Trinajstić information content (AvgIpc) is 2.38. The van der Waals surface area contributed by atoms with Gasteiger partial charge in [-0.25, -0.2) is 4.79 Å². The van der Waals surface area contributed by atoms with Gasteiger partial charge in [-0.15, -0.1) is 0 Å². The minimum Gasteiger partial charge on any atom is -0.489 e. The van der Waals surface area contributed by atoms with Gasteiger partial charge in [0.25, 0.3) is 0 Å². The predicted molar refractivity (Wildman–Crippen MR) is 67.4 cm³/mol. The molecule has 0 amide bonds. The van der Waals surface area contributed by atoms with E-state index in [1.807, 2.05) is 17.9 Å². The second kappa shape index (κ2) is 5.27. The number of nitrogens with zero attached hydrogens (tertiary/aromatic N) is 1. The zero-order chi connectivity index (χ0) is 13.1. The van der Waals surface area contributed by atoms with Crippen LogP contribution in [0.25, 0.3) is 0 Å². The number of hydrogen-bond donors (Lipinski definition) is 2. The molecule has 0 bridgehead atoms. The summed E-state index contributed by atoms with van der Waals surface area (Å²) in [6.45, 7) is 3.51. The molecule has 1 aliphatic rings. The first-order valence-electron chi connectivity index (χ1n) is 6.05. The van der Waals surface area contributed by atoms with E-state index in [2.05, 4.69) is 0 Å². The maximum Gasteiger partial charge on any atom is 0.339 e. The number of rotatable bonds is 4. The number of aromatic carboxylic acids is 1. The maximum atomic E-state index is 11.1. The Hall–Kier alpha value is -1.75. The van der Waals surface area contributed by atoms with E-state index < -0.39 is 12.1 Å². The molecule has 0 spiro atoms. The fourth-order valence-corrected chi connectivity index (χ4v) is 2.05. The molecule has 1 unspecified atom stereocenters. The van der Waals surface area contributed by atoms with Gasteiger partial charge < -0.3 is 19.8 Å². The van der Waals surface area contributed by atoms with E-state index in [4.69, 9.17) is 9.84 Å². The smallest absolute Gasteiger partial charge is 0.339 e. The van der Waals surface area contributed by atoms with Crippen molar-refractivity contribution in [3.63, 3.8) is 0 Å². The largest absolute Gasteiger partial charge is 0.489 e. The molecule has 2 rings (SSSR count). The summed E-state index contributed by atoms with van der Waals surface area (Å²) in [5.74, 6) is -0.593. The molecule has 5 heteroatoms. The number of para-hydroxylation sites is 1. The fraction of sp³-hybridized carbons (Fsp3) is 0.462. The lowest BCUT2D eigenvalue weighted by Crippen LogP contribution is -2.38. The Labute approximate surface area is 106 Å². The van der Waals surface area contributed by atoms with E-state index in [9.17, 15) is 9.90 Å². The van der Waals surface area contributed by atoms with Crippen LogP contribution in [0.3, 0.4) is 0 Å². The topological polar surface area (TPSA) is 70.0 Å². The first kappa shape index (κ1) is 12.7. The predicted octanol–water partition coefficient (Wildman–Crippen LogP) is 1.35. The van der Waals surface area contributed by atoms with Gasteiger partial charge >= 0.3 is 5.97 Å². The Morgan fingerprint density at radius 1 is 1.56 bits per heavy atom. The van der Waals surface area contributed by atoms with Gasteiger partial charge in [0.15, 0.2) is 5.75 Å². The van der Waals surface area contributed by atoms with E-state index in [1.165, 1.54) is 6.07 Å². The third-order valence-corrected chi connectivity index (χ3v) is 3.08. The van der Waals surface area contributed by atoms with Crippen molar-refractivity contribution in [2.45, 2.75) is 19.4 Å². The van der Waals surface area contributed by atoms with Crippen LogP contribution in [0.1, 0.15) is 23.7 Å². The van der Waals surface area contributed by atoms with Crippen molar-refractivity contribution in [2.75, 3.05) is 24.6 Å². The van der Waals surface area contributed by atoms with Crippen LogP contribution in [0.2, 0.25) is 0 Å². The van der Waals surface area contributed by atoms with Crippen molar-refractivity contribution in [1.82, 2.24) is 0 Å². The summed E-state index contributed by atoms with van der Waals surface area (Å²) in [5, 5.41) is 18.8. The molecular weight excluding hydrogens is 234 g/mol. The third-order valence-electron chi connectivity index (χ3n) is 3.08. The van der Waals surface area contributed by atoms with Crippen LogP contribution in [0.5, 0.6) is 5.75 Å². The lowest BCUT2D eigenvalue weighted by molar-refractivity contribution is 0.0692.